The Morgan fingerprint density at radius 3 is 2.71 bits per heavy atom. The van der Waals surface area contributed by atoms with Gasteiger partial charge < -0.3 is 9.67 Å². The fraction of sp³-hybridized carbons (Fsp3) is 0.471. The number of nitrogens with zero attached hydrogens (tertiary/aromatic N) is 3. The lowest BCUT2D eigenvalue weighted by Gasteiger charge is -2.34. The van der Waals surface area contributed by atoms with E-state index >= 15 is 0 Å². The minimum Gasteiger partial charge on any atom is -0.384 e. The van der Waals surface area contributed by atoms with Gasteiger partial charge in [0.15, 0.2) is 0 Å². The van der Waals surface area contributed by atoms with Crippen molar-refractivity contribution in [1.82, 2.24) is 14.5 Å². The summed E-state index contributed by atoms with van der Waals surface area (Å²) in [5.74, 6) is 0. The van der Waals surface area contributed by atoms with E-state index in [9.17, 15) is 5.11 Å². The molecule has 0 radical (unpaired) electrons. The van der Waals surface area contributed by atoms with Crippen molar-refractivity contribution in [1.29, 1.82) is 0 Å². The van der Waals surface area contributed by atoms with Gasteiger partial charge in [0.25, 0.3) is 0 Å². The maximum atomic E-state index is 10.8. The first-order chi connectivity index (χ1) is 9.95. The Bertz CT molecular complexity index is 628. The molecule has 0 spiro atoms. The van der Waals surface area contributed by atoms with Crippen LogP contribution < -0.4 is 0 Å². The molecule has 0 fully saturated rings. The number of fused-ring (bicyclic) bond motifs is 1. The minimum atomic E-state index is -0.833. The zero-order valence-electron chi connectivity index (χ0n) is 13.0. The topological polar surface area (TPSA) is 41.3 Å². The number of hydrogen-bond acceptors (Lipinski definition) is 3. The molecule has 1 aromatic heterocycles. The molecular weight excluding hydrogens is 262 g/mol. The number of rotatable bonds is 3. The largest absolute Gasteiger partial charge is 0.384 e. The summed E-state index contributed by atoms with van der Waals surface area (Å²) in [7, 11) is 2.05. The minimum absolute atomic E-state index is 0.631. The van der Waals surface area contributed by atoms with Crippen LogP contribution in [0.25, 0.3) is 0 Å². The maximum absolute atomic E-state index is 10.8. The summed E-state index contributed by atoms with van der Waals surface area (Å²) >= 11 is 0. The lowest BCUT2D eigenvalue weighted by Crippen LogP contribution is -2.41. The number of benzene rings is 1. The van der Waals surface area contributed by atoms with Crippen molar-refractivity contribution in [3.05, 3.63) is 53.1 Å². The normalized spacial score (nSPS) is 18.3. The van der Waals surface area contributed by atoms with E-state index in [1.807, 2.05) is 32.4 Å². The lowest BCUT2D eigenvalue weighted by atomic mass is 9.94. The van der Waals surface area contributed by atoms with Crippen LogP contribution in [0.2, 0.25) is 0 Å². The van der Waals surface area contributed by atoms with E-state index in [0.717, 1.165) is 30.8 Å². The van der Waals surface area contributed by atoms with Gasteiger partial charge in [0.05, 0.1) is 17.6 Å². The zero-order valence-corrected chi connectivity index (χ0v) is 13.0. The fourth-order valence-electron chi connectivity index (χ4n) is 3.09. The van der Waals surface area contributed by atoms with Gasteiger partial charge in [-0.05, 0) is 19.4 Å². The number of aliphatic hydroxyl groups is 1. The second-order valence-electron chi connectivity index (χ2n) is 6.35. The van der Waals surface area contributed by atoms with E-state index in [4.69, 9.17) is 0 Å². The highest BCUT2D eigenvalue weighted by atomic mass is 16.3. The summed E-state index contributed by atoms with van der Waals surface area (Å²) in [6, 6.07) is 8.14. The van der Waals surface area contributed by atoms with Crippen molar-refractivity contribution in [2.75, 3.05) is 13.1 Å². The zero-order chi connectivity index (χ0) is 15.0. The Labute approximate surface area is 126 Å². The fourth-order valence-corrected chi connectivity index (χ4v) is 3.09. The Hall–Kier alpha value is -1.65. The molecule has 0 saturated carbocycles. The summed E-state index contributed by atoms with van der Waals surface area (Å²) in [6.45, 7) is 6.37. The highest BCUT2D eigenvalue weighted by Gasteiger charge is 2.29. The molecule has 4 heteroatoms. The lowest BCUT2D eigenvalue weighted by molar-refractivity contribution is 0.0112. The van der Waals surface area contributed by atoms with Crippen molar-refractivity contribution in [2.24, 2.45) is 7.05 Å². The van der Waals surface area contributed by atoms with Crippen LogP contribution in [0.5, 0.6) is 0 Å². The number of β-amino-alcohol motifs (C(OH)–C–C–N with tert-alkyl or cyclic N) is 1. The van der Waals surface area contributed by atoms with Gasteiger partial charge in [0, 0.05) is 38.8 Å². The van der Waals surface area contributed by atoms with Gasteiger partial charge in [0.1, 0.15) is 0 Å². The Balaban J connectivity index is 1.73. The molecule has 0 bridgehead atoms. The molecule has 0 saturated heterocycles. The molecular formula is C17H23N3O. The molecule has 3 rings (SSSR count). The van der Waals surface area contributed by atoms with Crippen molar-refractivity contribution >= 4 is 0 Å². The third-order valence-corrected chi connectivity index (χ3v) is 4.39. The SMILES string of the molecule is Cc1ccc([C@](C)(O)CN2CCc3c(ncn3C)C2)cc1. The average molecular weight is 285 g/mol. The van der Waals surface area contributed by atoms with Crippen LogP contribution >= 0.6 is 0 Å². The molecule has 0 aliphatic carbocycles. The van der Waals surface area contributed by atoms with Crippen molar-refractivity contribution in [3.63, 3.8) is 0 Å². The van der Waals surface area contributed by atoms with Gasteiger partial charge in [-0.1, -0.05) is 29.8 Å². The molecule has 2 aromatic rings. The number of aromatic nitrogens is 2. The number of hydrogen-bond donors (Lipinski definition) is 1. The molecule has 112 valence electrons. The van der Waals surface area contributed by atoms with Crippen LogP contribution in [-0.2, 0) is 25.6 Å². The Kier molecular flexibility index (Phi) is 3.59. The van der Waals surface area contributed by atoms with Gasteiger partial charge in [-0.3, -0.25) is 4.90 Å². The maximum Gasteiger partial charge on any atom is 0.0994 e. The monoisotopic (exact) mass is 285 g/mol. The van der Waals surface area contributed by atoms with E-state index in [-0.39, 0.29) is 0 Å². The van der Waals surface area contributed by atoms with Crippen LogP contribution in [0, 0.1) is 6.92 Å². The Morgan fingerprint density at radius 1 is 1.29 bits per heavy atom. The van der Waals surface area contributed by atoms with Crippen molar-refractivity contribution in [3.8, 4) is 0 Å². The molecule has 1 aliphatic rings. The molecule has 1 N–H and O–H groups in total. The first-order valence-corrected chi connectivity index (χ1v) is 7.47. The highest BCUT2D eigenvalue weighted by Crippen LogP contribution is 2.25. The average Bonchev–Trinajstić information content (AvgIpc) is 2.80. The molecule has 4 nitrogen and oxygen atoms in total. The second-order valence-corrected chi connectivity index (χ2v) is 6.35. The molecule has 0 amide bonds. The van der Waals surface area contributed by atoms with Crippen molar-refractivity contribution in [2.45, 2.75) is 32.4 Å². The second kappa shape index (κ2) is 5.28. The van der Waals surface area contributed by atoms with Crippen molar-refractivity contribution < 1.29 is 5.11 Å². The summed E-state index contributed by atoms with van der Waals surface area (Å²) in [5, 5.41) is 10.8. The third kappa shape index (κ3) is 2.87. The highest BCUT2D eigenvalue weighted by molar-refractivity contribution is 5.26. The summed E-state index contributed by atoms with van der Waals surface area (Å²) in [4.78, 5) is 6.75. The molecule has 1 aliphatic heterocycles. The van der Waals surface area contributed by atoms with Crippen LogP contribution in [-0.4, -0.2) is 32.6 Å². The van der Waals surface area contributed by atoms with Crippen LogP contribution in [0.3, 0.4) is 0 Å². The summed E-state index contributed by atoms with van der Waals surface area (Å²) < 4.78 is 2.10. The van der Waals surface area contributed by atoms with Gasteiger partial charge in [-0.25, -0.2) is 4.98 Å². The van der Waals surface area contributed by atoms with E-state index in [1.54, 1.807) is 0 Å². The number of imidazole rings is 1. The summed E-state index contributed by atoms with van der Waals surface area (Å²) in [6.07, 6.45) is 2.88. The first-order valence-electron chi connectivity index (χ1n) is 7.47. The predicted molar refractivity (Wildman–Crippen MR) is 82.9 cm³/mol. The molecule has 21 heavy (non-hydrogen) atoms. The molecule has 1 aromatic carbocycles. The van der Waals surface area contributed by atoms with Gasteiger partial charge in [0.2, 0.25) is 0 Å². The predicted octanol–water partition coefficient (Wildman–Crippen LogP) is 1.99. The molecule has 0 unspecified atom stereocenters. The molecule has 1 atom stereocenters. The van der Waals surface area contributed by atoms with E-state index < -0.39 is 5.60 Å². The van der Waals surface area contributed by atoms with Crippen LogP contribution in [0.15, 0.2) is 30.6 Å². The standard InChI is InChI=1S/C17H23N3O/c1-13-4-6-14(7-5-13)17(2,21)11-20-9-8-16-15(10-20)18-12-19(16)3/h4-7,12,21H,8-11H2,1-3H3/t17-/m1/s1. The Morgan fingerprint density at radius 2 is 2.00 bits per heavy atom. The molecule has 2 heterocycles. The van der Waals surface area contributed by atoms with E-state index in [1.165, 1.54) is 11.3 Å². The van der Waals surface area contributed by atoms with Gasteiger partial charge in [-0.15, -0.1) is 0 Å². The van der Waals surface area contributed by atoms with Gasteiger partial charge >= 0.3 is 0 Å². The van der Waals surface area contributed by atoms with Crippen LogP contribution in [0.4, 0.5) is 0 Å². The quantitative estimate of drug-likeness (QED) is 0.938. The van der Waals surface area contributed by atoms with Crippen LogP contribution in [0.1, 0.15) is 29.4 Å². The third-order valence-electron chi connectivity index (χ3n) is 4.39. The summed E-state index contributed by atoms with van der Waals surface area (Å²) in [5.41, 5.74) is 3.82. The number of aryl methyl sites for hydroxylation is 2. The van der Waals surface area contributed by atoms with E-state index in [2.05, 4.69) is 33.5 Å². The van der Waals surface area contributed by atoms with Gasteiger partial charge in [-0.2, -0.15) is 0 Å². The first kappa shape index (κ1) is 14.3. The van der Waals surface area contributed by atoms with E-state index in [0.29, 0.717) is 6.54 Å². The smallest absolute Gasteiger partial charge is 0.0994 e.